The van der Waals surface area contributed by atoms with Gasteiger partial charge in [-0.05, 0) is 30.2 Å². The molecule has 0 spiro atoms. The zero-order chi connectivity index (χ0) is 20.4. The molecule has 2 aromatic carbocycles. The van der Waals surface area contributed by atoms with Crippen molar-refractivity contribution in [1.82, 2.24) is 5.32 Å². The van der Waals surface area contributed by atoms with E-state index in [1.165, 1.54) is 0 Å². The van der Waals surface area contributed by atoms with Gasteiger partial charge in [0.1, 0.15) is 0 Å². The lowest BCUT2D eigenvalue weighted by molar-refractivity contribution is -0.125. The van der Waals surface area contributed by atoms with Crippen molar-refractivity contribution in [3.63, 3.8) is 0 Å². The first-order chi connectivity index (χ1) is 13.5. The van der Waals surface area contributed by atoms with Crippen LogP contribution in [-0.2, 0) is 16.0 Å². The van der Waals surface area contributed by atoms with Gasteiger partial charge < -0.3 is 10.2 Å². The number of nitriles is 1. The summed E-state index contributed by atoms with van der Waals surface area (Å²) in [5, 5.41) is 12.6. The molecule has 7 heteroatoms. The molecule has 0 atom stereocenters. The molecule has 0 aliphatic carbocycles. The lowest BCUT2D eigenvalue weighted by Gasteiger charge is -2.21. The minimum atomic E-state index is -0.209. The Morgan fingerprint density at radius 1 is 1.04 bits per heavy atom. The van der Waals surface area contributed by atoms with E-state index in [-0.39, 0.29) is 31.1 Å². The number of anilines is 1. The van der Waals surface area contributed by atoms with Crippen molar-refractivity contribution in [2.24, 2.45) is 0 Å². The van der Waals surface area contributed by atoms with Gasteiger partial charge in [0.25, 0.3) is 0 Å². The van der Waals surface area contributed by atoms with Crippen LogP contribution in [0.25, 0.3) is 0 Å². The molecule has 1 N–H and O–H groups in total. The zero-order valence-electron chi connectivity index (χ0n) is 15.3. The summed E-state index contributed by atoms with van der Waals surface area (Å²) in [5.74, 6) is -0.394. The second-order valence-electron chi connectivity index (χ2n) is 6.10. The number of para-hydroxylation sites is 1. The fourth-order valence-corrected chi connectivity index (χ4v) is 3.10. The predicted molar refractivity (Wildman–Crippen MR) is 111 cm³/mol. The fourth-order valence-electron chi connectivity index (χ4n) is 2.69. The van der Waals surface area contributed by atoms with E-state index in [0.717, 1.165) is 11.3 Å². The number of carbonyl (C=O) groups is 2. The Bertz CT molecular complexity index is 850. The second-order valence-corrected chi connectivity index (χ2v) is 6.89. The highest BCUT2D eigenvalue weighted by molar-refractivity contribution is 6.42. The fraction of sp³-hybridized carbons (Fsp3) is 0.286. The summed E-state index contributed by atoms with van der Waals surface area (Å²) in [5.41, 5.74) is 1.58. The highest BCUT2D eigenvalue weighted by Gasteiger charge is 2.16. The van der Waals surface area contributed by atoms with Crippen molar-refractivity contribution in [3.8, 4) is 6.07 Å². The Labute approximate surface area is 174 Å². The smallest absolute Gasteiger partial charge is 0.227 e. The van der Waals surface area contributed by atoms with Crippen LogP contribution in [0.1, 0.15) is 24.8 Å². The van der Waals surface area contributed by atoms with E-state index in [9.17, 15) is 9.59 Å². The first-order valence-corrected chi connectivity index (χ1v) is 9.70. The maximum Gasteiger partial charge on any atom is 0.227 e. The number of nitrogens with one attached hydrogen (secondary N) is 1. The van der Waals surface area contributed by atoms with Gasteiger partial charge in [0.2, 0.25) is 11.8 Å². The normalized spacial score (nSPS) is 10.2. The van der Waals surface area contributed by atoms with Crippen molar-refractivity contribution < 1.29 is 9.59 Å². The van der Waals surface area contributed by atoms with E-state index in [0.29, 0.717) is 29.6 Å². The van der Waals surface area contributed by atoms with Crippen LogP contribution >= 0.6 is 23.2 Å². The molecule has 0 aromatic heterocycles. The molecule has 0 fully saturated rings. The maximum atomic E-state index is 12.5. The quantitative estimate of drug-likeness (QED) is 0.657. The number of amides is 2. The summed E-state index contributed by atoms with van der Waals surface area (Å²) in [6.45, 7) is 0.706. The molecule has 2 aromatic rings. The van der Waals surface area contributed by atoms with Crippen LogP contribution in [0, 0.1) is 11.3 Å². The highest BCUT2D eigenvalue weighted by Crippen LogP contribution is 2.25. The minimum absolute atomic E-state index is 0.0735. The zero-order valence-corrected chi connectivity index (χ0v) is 16.8. The Morgan fingerprint density at radius 2 is 1.79 bits per heavy atom. The van der Waals surface area contributed by atoms with Gasteiger partial charge in [-0.2, -0.15) is 5.26 Å². The molecule has 0 saturated heterocycles. The van der Waals surface area contributed by atoms with Crippen molar-refractivity contribution >= 4 is 40.7 Å². The monoisotopic (exact) mass is 417 g/mol. The number of hydrogen-bond acceptors (Lipinski definition) is 3. The molecule has 2 amide bonds. The molecule has 0 unspecified atom stereocenters. The van der Waals surface area contributed by atoms with Crippen molar-refractivity contribution in [3.05, 3.63) is 64.1 Å². The third-order valence-electron chi connectivity index (χ3n) is 4.13. The van der Waals surface area contributed by atoms with E-state index >= 15 is 0 Å². The van der Waals surface area contributed by atoms with Crippen LogP contribution in [0.4, 0.5) is 5.69 Å². The highest BCUT2D eigenvalue weighted by atomic mass is 35.5. The number of nitrogens with zero attached hydrogens (tertiary/aromatic N) is 2. The molecule has 0 aliphatic rings. The molecule has 0 bridgehead atoms. The van der Waals surface area contributed by atoms with Gasteiger partial charge in [-0.15, -0.1) is 0 Å². The Balaban J connectivity index is 1.82. The lowest BCUT2D eigenvalue weighted by Crippen LogP contribution is -2.33. The number of halogens is 2. The average Bonchev–Trinajstić information content (AvgIpc) is 2.70. The van der Waals surface area contributed by atoms with Crippen molar-refractivity contribution in [2.45, 2.75) is 25.7 Å². The Kier molecular flexibility index (Phi) is 8.80. The van der Waals surface area contributed by atoms with Gasteiger partial charge in [-0.1, -0.05) is 53.5 Å². The Hall–Kier alpha value is -2.55. The molecule has 2 rings (SSSR count). The molecule has 0 aliphatic heterocycles. The summed E-state index contributed by atoms with van der Waals surface area (Å²) in [7, 11) is 0. The second kappa shape index (κ2) is 11.3. The maximum absolute atomic E-state index is 12.5. The van der Waals surface area contributed by atoms with Crippen molar-refractivity contribution in [1.29, 1.82) is 5.26 Å². The van der Waals surface area contributed by atoms with Gasteiger partial charge in [0.05, 0.1) is 22.5 Å². The van der Waals surface area contributed by atoms with Gasteiger partial charge >= 0.3 is 0 Å². The van der Waals surface area contributed by atoms with E-state index < -0.39 is 0 Å². The molecule has 0 heterocycles. The van der Waals surface area contributed by atoms with E-state index in [2.05, 4.69) is 5.32 Å². The van der Waals surface area contributed by atoms with Gasteiger partial charge in [-0.25, -0.2) is 0 Å². The number of rotatable bonds is 9. The summed E-state index contributed by atoms with van der Waals surface area (Å²) in [6.07, 6.45) is 0.937. The van der Waals surface area contributed by atoms with Crippen LogP contribution in [0.2, 0.25) is 10.0 Å². The topological polar surface area (TPSA) is 73.2 Å². The van der Waals surface area contributed by atoms with Crippen LogP contribution in [-0.4, -0.2) is 24.9 Å². The first kappa shape index (κ1) is 21.7. The lowest BCUT2D eigenvalue weighted by atomic mass is 10.1. The van der Waals surface area contributed by atoms with Crippen LogP contribution < -0.4 is 10.2 Å². The molecular weight excluding hydrogens is 397 g/mol. The SMILES string of the molecule is N#CCCN(C(=O)CCC(=O)NCCc1cccc(Cl)c1Cl)c1ccccc1. The van der Waals surface area contributed by atoms with Gasteiger partial charge in [-0.3, -0.25) is 9.59 Å². The molecule has 28 heavy (non-hydrogen) atoms. The van der Waals surface area contributed by atoms with E-state index in [4.69, 9.17) is 28.5 Å². The van der Waals surface area contributed by atoms with Crippen LogP contribution in [0.5, 0.6) is 0 Å². The molecular formula is C21H21Cl2N3O2. The van der Waals surface area contributed by atoms with E-state index in [1.54, 1.807) is 11.0 Å². The third kappa shape index (κ3) is 6.56. The first-order valence-electron chi connectivity index (χ1n) is 8.95. The molecule has 146 valence electrons. The van der Waals surface area contributed by atoms with Gasteiger partial charge in [0.15, 0.2) is 0 Å². The molecule has 0 radical (unpaired) electrons. The van der Waals surface area contributed by atoms with E-state index in [1.807, 2.05) is 48.5 Å². The molecule has 5 nitrogen and oxygen atoms in total. The third-order valence-corrected chi connectivity index (χ3v) is 4.99. The van der Waals surface area contributed by atoms with Gasteiger partial charge in [0, 0.05) is 31.6 Å². The number of hydrogen-bond donors (Lipinski definition) is 1. The molecule has 0 saturated carbocycles. The average molecular weight is 418 g/mol. The van der Waals surface area contributed by atoms with Crippen LogP contribution in [0.3, 0.4) is 0 Å². The standard InChI is InChI=1S/C21H21Cl2N3O2/c22-18-9-4-6-16(21(18)23)12-14-25-19(27)10-11-20(28)26(15-5-13-24)17-7-2-1-3-8-17/h1-4,6-9H,5,10-12,14-15H2,(H,25,27). The summed E-state index contributed by atoms with van der Waals surface area (Å²) < 4.78 is 0. The number of benzene rings is 2. The predicted octanol–water partition coefficient (Wildman–Crippen LogP) is 4.38. The largest absolute Gasteiger partial charge is 0.356 e. The number of carbonyl (C=O) groups excluding carboxylic acids is 2. The van der Waals surface area contributed by atoms with Crippen LogP contribution in [0.15, 0.2) is 48.5 Å². The summed E-state index contributed by atoms with van der Waals surface area (Å²) in [4.78, 5) is 26.1. The summed E-state index contributed by atoms with van der Waals surface area (Å²) >= 11 is 12.1. The summed E-state index contributed by atoms with van der Waals surface area (Å²) in [6, 6.07) is 16.6. The minimum Gasteiger partial charge on any atom is -0.356 e. The van der Waals surface area contributed by atoms with Crippen molar-refractivity contribution in [2.75, 3.05) is 18.0 Å². The Morgan fingerprint density at radius 3 is 2.50 bits per heavy atom.